The maximum atomic E-state index is 12.8. The van der Waals surface area contributed by atoms with Crippen LogP contribution < -0.4 is 10.4 Å². The molecule has 1 N–H and O–H groups in total. The van der Waals surface area contributed by atoms with Crippen LogP contribution in [-0.2, 0) is 4.74 Å². The molecule has 0 atom stereocenters. The molecule has 0 saturated heterocycles. The van der Waals surface area contributed by atoms with E-state index in [2.05, 4.69) is 5.43 Å². The number of nitrogens with zero attached hydrogens (tertiary/aromatic N) is 2. The second-order valence-corrected chi connectivity index (χ2v) is 7.26. The lowest BCUT2D eigenvalue weighted by atomic mass is 10.1. The second-order valence-electron chi connectivity index (χ2n) is 7.26. The Kier molecular flexibility index (Phi) is 5.17. The van der Waals surface area contributed by atoms with Gasteiger partial charge in [0.05, 0.1) is 16.3 Å². The SMILES string of the molecule is CC(C)(C)OC(=O)N(Nc1ccc([N+](=O)[O-])cc1)c1ccc2ccccc2c1. The Hall–Kier alpha value is -3.61. The fourth-order valence-corrected chi connectivity index (χ4v) is 2.63. The summed E-state index contributed by atoms with van der Waals surface area (Å²) >= 11 is 0. The second kappa shape index (κ2) is 7.56. The number of anilines is 2. The van der Waals surface area contributed by atoms with E-state index < -0.39 is 16.6 Å². The predicted octanol–water partition coefficient (Wildman–Crippen LogP) is 5.52. The average molecular weight is 379 g/mol. The third-order valence-electron chi connectivity index (χ3n) is 3.89. The van der Waals surface area contributed by atoms with E-state index in [0.717, 1.165) is 10.8 Å². The number of hydrogen-bond donors (Lipinski definition) is 1. The van der Waals surface area contributed by atoms with Crippen molar-refractivity contribution in [3.8, 4) is 0 Å². The Balaban J connectivity index is 1.95. The van der Waals surface area contributed by atoms with E-state index in [9.17, 15) is 14.9 Å². The van der Waals surface area contributed by atoms with Crippen LogP contribution in [0, 0.1) is 10.1 Å². The first-order valence-electron chi connectivity index (χ1n) is 8.76. The molecule has 0 spiro atoms. The highest BCUT2D eigenvalue weighted by Gasteiger charge is 2.24. The quantitative estimate of drug-likeness (QED) is 0.477. The number of carbonyl (C=O) groups excluding carboxylic acids is 1. The number of non-ortho nitro benzene ring substituents is 1. The topological polar surface area (TPSA) is 84.7 Å². The van der Waals surface area contributed by atoms with Crippen LogP contribution in [0.15, 0.2) is 66.7 Å². The van der Waals surface area contributed by atoms with Crippen molar-refractivity contribution in [2.75, 3.05) is 10.4 Å². The number of fused-ring (bicyclic) bond motifs is 1. The van der Waals surface area contributed by atoms with Crippen molar-refractivity contribution in [1.82, 2.24) is 0 Å². The fourth-order valence-electron chi connectivity index (χ4n) is 2.63. The van der Waals surface area contributed by atoms with Crippen molar-refractivity contribution >= 4 is 33.9 Å². The Morgan fingerprint density at radius 3 is 2.25 bits per heavy atom. The molecule has 7 heteroatoms. The van der Waals surface area contributed by atoms with Gasteiger partial charge in [-0.3, -0.25) is 15.5 Å². The molecule has 0 aliphatic carbocycles. The van der Waals surface area contributed by atoms with Crippen LogP contribution >= 0.6 is 0 Å². The highest BCUT2D eigenvalue weighted by Crippen LogP contribution is 2.25. The number of nitrogens with one attached hydrogen (secondary N) is 1. The van der Waals surface area contributed by atoms with E-state index in [1.54, 1.807) is 20.8 Å². The van der Waals surface area contributed by atoms with Crippen molar-refractivity contribution in [3.63, 3.8) is 0 Å². The minimum absolute atomic E-state index is 0.0277. The number of hydrazine groups is 1. The molecule has 0 aromatic heterocycles. The Morgan fingerprint density at radius 2 is 1.64 bits per heavy atom. The molecule has 0 heterocycles. The van der Waals surface area contributed by atoms with E-state index >= 15 is 0 Å². The molecule has 0 saturated carbocycles. The summed E-state index contributed by atoms with van der Waals surface area (Å²) in [5.74, 6) is 0. The number of hydrogen-bond acceptors (Lipinski definition) is 5. The van der Waals surface area contributed by atoms with Gasteiger partial charge in [0.1, 0.15) is 5.60 Å². The van der Waals surface area contributed by atoms with Crippen LogP contribution in [0.25, 0.3) is 10.8 Å². The Morgan fingerprint density at radius 1 is 1.00 bits per heavy atom. The van der Waals surface area contributed by atoms with E-state index in [4.69, 9.17) is 4.74 Å². The molecule has 0 aliphatic rings. The van der Waals surface area contributed by atoms with Gasteiger partial charge in [-0.1, -0.05) is 30.3 Å². The van der Waals surface area contributed by atoms with Gasteiger partial charge in [-0.15, -0.1) is 0 Å². The third-order valence-corrected chi connectivity index (χ3v) is 3.89. The first kappa shape index (κ1) is 19.2. The molecule has 0 aliphatic heterocycles. The van der Waals surface area contributed by atoms with Gasteiger partial charge in [0, 0.05) is 12.1 Å². The molecule has 3 aromatic rings. The summed E-state index contributed by atoms with van der Waals surface area (Å²) in [6.45, 7) is 5.36. The smallest absolute Gasteiger partial charge is 0.433 e. The minimum atomic E-state index is -0.677. The largest absolute Gasteiger partial charge is 0.442 e. The van der Waals surface area contributed by atoms with Crippen LogP contribution in [-0.4, -0.2) is 16.6 Å². The zero-order chi connectivity index (χ0) is 20.3. The Labute approximate surface area is 162 Å². The molecule has 1 amide bonds. The standard InChI is InChI=1S/C21H21N3O4/c1-21(2,3)28-20(25)23(22-17-9-12-18(13-10-17)24(26)27)19-11-8-15-6-4-5-7-16(15)14-19/h4-14,22H,1-3H3. The molecule has 3 aromatic carbocycles. The zero-order valence-electron chi connectivity index (χ0n) is 15.9. The molecular weight excluding hydrogens is 358 g/mol. The van der Waals surface area contributed by atoms with E-state index in [1.807, 2.05) is 42.5 Å². The van der Waals surface area contributed by atoms with Crippen LogP contribution in [0.2, 0.25) is 0 Å². The predicted molar refractivity (Wildman–Crippen MR) is 109 cm³/mol. The molecule has 0 fully saturated rings. The number of benzene rings is 3. The highest BCUT2D eigenvalue weighted by molar-refractivity contribution is 5.94. The number of nitro groups is 1. The third kappa shape index (κ3) is 4.56. The van der Waals surface area contributed by atoms with Gasteiger partial charge in [-0.05, 0) is 55.8 Å². The van der Waals surface area contributed by atoms with Crippen molar-refractivity contribution < 1.29 is 14.5 Å². The summed E-state index contributed by atoms with van der Waals surface area (Å²) in [6, 6.07) is 19.2. The summed E-state index contributed by atoms with van der Waals surface area (Å²) in [4.78, 5) is 23.2. The maximum absolute atomic E-state index is 12.8. The van der Waals surface area contributed by atoms with Gasteiger partial charge >= 0.3 is 6.09 Å². The normalized spacial score (nSPS) is 11.1. The lowest BCUT2D eigenvalue weighted by Crippen LogP contribution is -2.40. The van der Waals surface area contributed by atoms with Gasteiger partial charge in [-0.25, -0.2) is 4.79 Å². The minimum Gasteiger partial charge on any atom is -0.442 e. The van der Waals surface area contributed by atoms with Crippen molar-refractivity contribution in [1.29, 1.82) is 0 Å². The van der Waals surface area contributed by atoms with Crippen molar-refractivity contribution in [2.24, 2.45) is 0 Å². The van der Waals surface area contributed by atoms with Crippen LogP contribution in [0.5, 0.6) is 0 Å². The molecule has 0 unspecified atom stereocenters. The van der Waals surface area contributed by atoms with Gasteiger partial charge in [0.25, 0.3) is 5.69 Å². The van der Waals surface area contributed by atoms with E-state index in [1.165, 1.54) is 29.3 Å². The highest BCUT2D eigenvalue weighted by atomic mass is 16.6. The van der Waals surface area contributed by atoms with E-state index in [-0.39, 0.29) is 5.69 Å². The number of rotatable bonds is 4. The molecule has 7 nitrogen and oxygen atoms in total. The number of amides is 1. The lowest BCUT2D eigenvalue weighted by Gasteiger charge is -2.28. The lowest BCUT2D eigenvalue weighted by molar-refractivity contribution is -0.384. The maximum Gasteiger partial charge on any atom is 0.433 e. The van der Waals surface area contributed by atoms with Gasteiger partial charge in [0.2, 0.25) is 0 Å². The van der Waals surface area contributed by atoms with Crippen LogP contribution in [0.4, 0.5) is 21.9 Å². The summed E-state index contributed by atoms with van der Waals surface area (Å²) in [5.41, 5.74) is 3.39. The molecule has 0 radical (unpaired) electrons. The van der Waals surface area contributed by atoms with E-state index in [0.29, 0.717) is 11.4 Å². The monoisotopic (exact) mass is 379 g/mol. The molecule has 144 valence electrons. The van der Waals surface area contributed by atoms with Crippen LogP contribution in [0.3, 0.4) is 0 Å². The summed E-state index contributed by atoms with van der Waals surface area (Å²) in [7, 11) is 0. The zero-order valence-corrected chi connectivity index (χ0v) is 15.9. The Bertz CT molecular complexity index is 1010. The number of nitro benzene ring substituents is 1. The molecule has 28 heavy (non-hydrogen) atoms. The first-order chi connectivity index (χ1) is 13.2. The van der Waals surface area contributed by atoms with Gasteiger partial charge < -0.3 is 4.74 Å². The molecular formula is C21H21N3O4. The number of carbonyl (C=O) groups is 1. The molecule has 3 rings (SSSR count). The summed E-state index contributed by atoms with van der Waals surface area (Å²) in [6.07, 6.45) is -0.582. The number of ether oxygens (including phenoxy) is 1. The van der Waals surface area contributed by atoms with Crippen LogP contribution in [0.1, 0.15) is 20.8 Å². The molecule has 0 bridgehead atoms. The van der Waals surface area contributed by atoms with Gasteiger partial charge in [-0.2, -0.15) is 5.01 Å². The summed E-state index contributed by atoms with van der Waals surface area (Å²) < 4.78 is 5.52. The van der Waals surface area contributed by atoms with Crippen molar-refractivity contribution in [2.45, 2.75) is 26.4 Å². The average Bonchev–Trinajstić information content (AvgIpc) is 2.64. The van der Waals surface area contributed by atoms with Crippen molar-refractivity contribution in [3.05, 3.63) is 76.8 Å². The first-order valence-corrected chi connectivity index (χ1v) is 8.76. The fraction of sp³-hybridized carbons (Fsp3) is 0.190. The van der Waals surface area contributed by atoms with Gasteiger partial charge in [0.15, 0.2) is 0 Å². The summed E-state index contributed by atoms with van der Waals surface area (Å²) in [5, 5.41) is 14.2.